The lowest BCUT2D eigenvalue weighted by Gasteiger charge is -2.18. The van der Waals surface area contributed by atoms with E-state index in [0.717, 1.165) is 11.3 Å². The molecule has 0 saturated carbocycles. The molecule has 0 saturated heterocycles. The molecule has 3 aromatic rings. The largest absolute Gasteiger partial charge is 0.490 e. The third kappa shape index (κ3) is 6.05. The minimum Gasteiger partial charge on any atom is -0.490 e. The molecular weight excluding hydrogens is 436 g/mol. The molecule has 0 aliphatic heterocycles. The molecule has 6 nitrogen and oxygen atoms in total. The summed E-state index contributed by atoms with van der Waals surface area (Å²) < 4.78 is 17.1. The summed E-state index contributed by atoms with van der Waals surface area (Å²) in [6.45, 7) is 13.6. The smallest absolute Gasteiger partial charge is 0.257 e. The lowest BCUT2D eigenvalue weighted by Crippen LogP contribution is -2.13. The predicted molar refractivity (Wildman–Crippen MR) is 134 cm³/mol. The number of amides is 1. The number of anilines is 1. The highest BCUT2D eigenvalue weighted by atomic mass is 32.1. The van der Waals surface area contributed by atoms with E-state index in [0.29, 0.717) is 47.8 Å². The lowest BCUT2D eigenvalue weighted by atomic mass is 9.86. The van der Waals surface area contributed by atoms with Crippen LogP contribution in [0.3, 0.4) is 0 Å². The molecule has 7 heteroatoms. The van der Waals surface area contributed by atoms with Gasteiger partial charge in [0.1, 0.15) is 0 Å². The monoisotopic (exact) mass is 468 g/mol. The fourth-order valence-electron chi connectivity index (χ4n) is 3.29. The molecule has 0 aliphatic rings. The Morgan fingerprint density at radius 2 is 1.52 bits per heavy atom. The summed E-state index contributed by atoms with van der Waals surface area (Å²) in [5, 5.41) is 5.36. The van der Waals surface area contributed by atoms with Crippen LogP contribution in [-0.4, -0.2) is 30.7 Å². The summed E-state index contributed by atoms with van der Waals surface area (Å²) in [6.07, 6.45) is 0. The zero-order valence-electron chi connectivity index (χ0n) is 20.2. The molecule has 0 fully saturated rings. The van der Waals surface area contributed by atoms with E-state index in [9.17, 15) is 4.79 Å². The van der Waals surface area contributed by atoms with Gasteiger partial charge in [-0.2, -0.15) is 0 Å². The Labute approximate surface area is 199 Å². The van der Waals surface area contributed by atoms with Crippen LogP contribution in [0.15, 0.2) is 41.8 Å². The number of nitrogens with one attached hydrogen (secondary N) is 1. The van der Waals surface area contributed by atoms with Crippen molar-refractivity contribution in [3.8, 4) is 28.5 Å². The van der Waals surface area contributed by atoms with E-state index < -0.39 is 0 Å². The number of carbonyl (C=O) groups excluding carboxylic acids is 1. The second-order valence-corrected chi connectivity index (χ2v) is 9.28. The van der Waals surface area contributed by atoms with Crippen molar-refractivity contribution in [2.45, 2.75) is 47.0 Å². The third-order valence-corrected chi connectivity index (χ3v) is 5.70. The number of nitrogens with zero attached hydrogens (tertiary/aromatic N) is 1. The van der Waals surface area contributed by atoms with Gasteiger partial charge < -0.3 is 14.2 Å². The van der Waals surface area contributed by atoms with E-state index in [1.165, 1.54) is 16.9 Å². The van der Waals surface area contributed by atoms with Crippen LogP contribution in [-0.2, 0) is 5.41 Å². The zero-order chi connectivity index (χ0) is 24.0. The van der Waals surface area contributed by atoms with Crippen molar-refractivity contribution >= 4 is 22.4 Å². The summed E-state index contributed by atoms with van der Waals surface area (Å²) in [5.74, 6) is 1.18. The number of ether oxygens (including phenoxy) is 3. The van der Waals surface area contributed by atoms with Gasteiger partial charge in [-0.15, -0.1) is 11.3 Å². The highest BCUT2D eigenvalue weighted by Crippen LogP contribution is 2.39. The van der Waals surface area contributed by atoms with E-state index >= 15 is 0 Å². The van der Waals surface area contributed by atoms with Gasteiger partial charge in [-0.05, 0) is 43.9 Å². The van der Waals surface area contributed by atoms with Crippen molar-refractivity contribution in [2.24, 2.45) is 0 Å². The van der Waals surface area contributed by atoms with Gasteiger partial charge in [0.25, 0.3) is 5.91 Å². The van der Waals surface area contributed by atoms with E-state index in [1.54, 1.807) is 12.1 Å². The van der Waals surface area contributed by atoms with Gasteiger partial charge in [0, 0.05) is 16.5 Å². The summed E-state index contributed by atoms with van der Waals surface area (Å²) in [5.41, 5.74) is 3.61. The minimum atomic E-state index is -0.288. The average Bonchev–Trinajstić information content (AvgIpc) is 3.24. The molecule has 1 N–H and O–H groups in total. The fraction of sp³-hybridized carbons (Fsp3) is 0.385. The van der Waals surface area contributed by atoms with Crippen LogP contribution in [0.2, 0.25) is 0 Å². The molecule has 33 heavy (non-hydrogen) atoms. The molecule has 2 aromatic carbocycles. The maximum absolute atomic E-state index is 13.0. The van der Waals surface area contributed by atoms with Gasteiger partial charge in [-0.1, -0.05) is 45.0 Å². The molecule has 0 atom stereocenters. The SMILES string of the molecule is CCOc1cc(C(=O)Nc2nc(-c3ccc(C(C)(C)C)cc3)cs2)cc(OCC)c1OCC. The van der Waals surface area contributed by atoms with E-state index in [1.807, 2.05) is 26.2 Å². The average molecular weight is 469 g/mol. The van der Waals surface area contributed by atoms with Crippen LogP contribution < -0.4 is 19.5 Å². The van der Waals surface area contributed by atoms with Crippen LogP contribution in [0.5, 0.6) is 17.2 Å². The first-order valence-corrected chi connectivity index (χ1v) is 12.1. The van der Waals surface area contributed by atoms with Gasteiger partial charge in [-0.25, -0.2) is 4.98 Å². The molecule has 0 bridgehead atoms. The quantitative estimate of drug-likeness (QED) is 0.385. The molecule has 0 aliphatic carbocycles. The van der Waals surface area contributed by atoms with Gasteiger partial charge in [0.15, 0.2) is 16.6 Å². The first kappa shape index (κ1) is 24.6. The molecule has 0 spiro atoms. The van der Waals surface area contributed by atoms with Gasteiger partial charge in [0.05, 0.1) is 25.5 Å². The van der Waals surface area contributed by atoms with Gasteiger partial charge in [-0.3, -0.25) is 10.1 Å². The first-order chi connectivity index (χ1) is 15.8. The van der Waals surface area contributed by atoms with Gasteiger partial charge >= 0.3 is 0 Å². The molecule has 176 valence electrons. The normalized spacial score (nSPS) is 11.2. The Hall–Kier alpha value is -3.06. The lowest BCUT2D eigenvalue weighted by molar-refractivity contribution is 0.102. The Kier molecular flexibility index (Phi) is 7.97. The number of carbonyl (C=O) groups is 1. The summed E-state index contributed by atoms with van der Waals surface area (Å²) in [7, 11) is 0. The van der Waals surface area contributed by atoms with Crippen LogP contribution in [0.4, 0.5) is 5.13 Å². The highest BCUT2D eigenvalue weighted by molar-refractivity contribution is 7.14. The molecule has 0 radical (unpaired) electrons. The fourth-order valence-corrected chi connectivity index (χ4v) is 4.01. The summed E-state index contributed by atoms with van der Waals surface area (Å²) in [4.78, 5) is 17.6. The number of thiazole rings is 1. The topological polar surface area (TPSA) is 69.7 Å². The van der Waals surface area contributed by atoms with Crippen LogP contribution in [0.1, 0.15) is 57.5 Å². The standard InChI is InChI=1S/C26H32N2O4S/c1-7-30-21-14-18(15-22(31-8-2)23(21)32-9-3)24(29)28-25-27-20(16-33-25)17-10-12-19(13-11-17)26(4,5)6/h10-16H,7-9H2,1-6H3,(H,27,28,29). The zero-order valence-corrected chi connectivity index (χ0v) is 21.0. The maximum atomic E-state index is 13.0. The Morgan fingerprint density at radius 1 is 0.939 bits per heavy atom. The number of hydrogen-bond acceptors (Lipinski definition) is 6. The Morgan fingerprint density at radius 3 is 2.03 bits per heavy atom. The molecule has 1 aromatic heterocycles. The molecular formula is C26H32N2O4S. The predicted octanol–water partition coefficient (Wildman–Crippen LogP) is 6.56. The maximum Gasteiger partial charge on any atom is 0.257 e. The van der Waals surface area contributed by atoms with Crippen molar-refractivity contribution in [3.63, 3.8) is 0 Å². The summed E-state index contributed by atoms with van der Waals surface area (Å²) >= 11 is 1.39. The van der Waals surface area contributed by atoms with Crippen molar-refractivity contribution in [1.29, 1.82) is 0 Å². The first-order valence-electron chi connectivity index (χ1n) is 11.2. The number of rotatable bonds is 9. The van der Waals surface area contributed by atoms with E-state index in [-0.39, 0.29) is 11.3 Å². The van der Waals surface area contributed by atoms with Crippen molar-refractivity contribution < 1.29 is 19.0 Å². The second-order valence-electron chi connectivity index (χ2n) is 8.42. The molecule has 3 rings (SSSR count). The van der Waals surface area contributed by atoms with E-state index in [4.69, 9.17) is 14.2 Å². The third-order valence-electron chi connectivity index (χ3n) is 4.94. The van der Waals surface area contributed by atoms with E-state index in [2.05, 4.69) is 55.3 Å². The Bertz CT molecular complexity index is 1060. The van der Waals surface area contributed by atoms with Crippen molar-refractivity contribution in [2.75, 3.05) is 25.1 Å². The molecule has 1 heterocycles. The van der Waals surface area contributed by atoms with Crippen LogP contribution in [0, 0.1) is 0 Å². The Balaban J connectivity index is 1.82. The number of aromatic nitrogens is 1. The number of hydrogen-bond donors (Lipinski definition) is 1. The van der Waals surface area contributed by atoms with Crippen LogP contribution in [0.25, 0.3) is 11.3 Å². The van der Waals surface area contributed by atoms with Crippen LogP contribution >= 0.6 is 11.3 Å². The van der Waals surface area contributed by atoms with Crippen molar-refractivity contribution in [3.05, 3.63) is 52.9 Å². The van der Waals surface area contributed by atoms with Crippen molar-refractivity contribution in [1.82, 2.24) is 4.98 Å². The molecule has 0 unspecified atom stereocenters. The summed E-state index contributed by atoms with van der Waals surface area (Å²) in [6, 6.07) is 11.7. The van der Waals surface area contributed by atoms with Gasteiger partial charge in [0.2, 0.25) is 5.75 Å². The second kappa shape index (κ2) is 10.7. The number of benzene rings is 2. The minimum absolute atomic E-state index is 0.0954. The molecule has 1 amide bonds. The highest BCUT2D eigenvalue weighted by Gasteiger charge is 2.19.